The second-order valence-corrected chi connectivity index (χ2v) is 3.43. The molecule has 0 bridgehead atoms. The molecule has 0 spiro atoms. The van der Waals surface area contributed by atoms with Gasteiger partial charge in [-0.15, -0.1) is 24.0 Å². The fraction of sp³-hybridized carbons (Fsp3) is 0. The third-order valence-corrected chi connectivity index (χ3v) is 2.17. The number of halogens is 2. The Hall–Kier alpha value is 0.0900. The van der Waals surface area contributed by atoms with Crippen LogP contribution in [0.25, 0.3) is 10.9 Å². The zero-order chi connectivity index (χ0) is 7.68. The minimum Gasteiger partial charge on any atom is -0.242 e. The van der Waals surface area contributed by atoms with Crippen molar-refractivity contribution in [1.82, 2.24) is 4.98 Å². The molecule has 0 amide bonds. The number of hydrogen-bond acceptors (Lipinski definition) is 1. The van der Waals surface area contributed by atoms with E-state index >= 15 is 0 Å². The molecule has 0 saturated carbocycles. The van der Waals surface area contributed by atoms with Crippen molar-refractivity contribution in [3.05, 3.63) is 40.1 Å². The van der Waals surface area contributed by atoms with Crippen LogP contribution in [0.5, 0.6) is 0 Å². The van der Waals surface area contributed by atoms with Gasteiger partial charge >= 0.3 is 0 Å². The summed E-state index contributed by atoms with van der Waals surface area (Å²) in [5, 5.41) is 1.20. The summed E-state index contributed by atoms with van der Waals surface area (Å²) >= 11 is 2.22. The van der Waals surface area contributed by atoms with E-state index in [0.717, 1.165) is 9.22 Å². The lowest BCUT2D eigenvalue weighted by atomic mass is 10.2. The quantitative estimate of drug-likeness (QED) is 0.502. The zero-order valence-electron chi connectivity index (χ0n) is 6.20. The van der Waals surface area contributed by atoms with Crippen molar-refractivity contribution >= 4 is 57.5 Å². The van der Waals surface area contributed by atoms with Crippen LogP contribution in [0, 0.1) is 3.70 Å². The number of pyridine rings is 1. The van der Waals surface area contributed by atoms with E-state index in [4.69, 9.17) is 0 Å². The highest BCUT2D eigenvalue weighted by Gasteiger charge is 1.92. The maximum Gasteiger partial charge on any atom is 0.102 e. The van der Waals surface area contributed by atoms with E-state index < -0.39 is 0 Å². The lowest BCUT2D eigenvalue weighted by molar-refractivity contribution is 1.35. The minimum absolute atomic E-state index is 0. The molecule has 0 aliphatic rings. The molecule has 62 valence electrons. The third-order valence-electron chi connectivity index (χ3n) is 1.56. The van der Waals surface area contributed by atoms with Gasteiger partial charge in [0.1, 0.15) is 3.70 Å². The molecule has 3 heteroatoms. The lowest BCUT2D eigenvalue weighted by Crippen LogP contribution is -1.80. The van der Waals surface area contributed by atoms with Crippen LogP contribution in [0.1, 0.15) is 0 Å². The molecule has 0 atom stereocenters. The fourth-order valence-corrected chi connectivity index (χ4v) is 1.48. The first kappa shape index (κ1) is 10.2. The summed E-state index contributed by atoms with van der Waals surface area (Å²) in [6, 6.07) is 12.2. The molecular weight excluding hydrogens is 376 g/mol. The number of fused-ring (bicyclic) bond motifs is 1. The Morgan fingerprint density at radius 2 is 1.75 bits per heavy atom. The number of aromatic nitrogens is 1. The van der Waals surface area contributed by atoms with E-state index in [9.17, 15) is 0 Å². The predicted octanol–water partition coefficient (Wildman–Crippen LogP) is 3.46. The van der Waals surface area contributed by atoms with Gasteiger partial charge in [-0.1, -0.05) is 24.3 Å². The second-order valence-electron chi connectivity index (χ2n) is 2.33. The average molecular weight is 383 g/mol. The Morgan fingerprint density at radius 3 is 2.58 bits per heavy atom. The first-order valence-corrected chi connectivity index (χ1v) is 4.45. The monoisotopic (exact) mass is 383 g/mol. The van der Waals surface area contributed by atoms with Gasteiger partial charge in [0.2, 0.25) is 0 Å². The topological polar surface area (TPSA) is 12.9 Å². The van der Waals surface area contributed by atoms with Gasteiger partial charge in [-0.25, -0.2) is 4.98 Å². The van der Waals surface area contributed by atoms with Gasteiger partial charge in [0, 0.05) is 5.39 Å². The third kappa shape index (κ3) is 2.07. The van der Waals surface area contributed by atoms with E-state index in [1.165, 1.54) is 5.39 Å². The number of benzene rings is 1. The fourth-order valence-electron chi connectivity index (χ4n) is 1.04. The highest BCUT2D eigenvalue weighted by molar-refractivity contribution is 14.1. The van der Waals surface area contributed by atoms with Crippen molar-refractivity contribution < 1.29 is 0 Å². The standard InChI is InChI=1S/C9H6IN.HI/c10-9-6-5-7-3-1-2-4-8(7)11-9;/h1-6H;1H. The highest BCUT2D eigenvalue weighted by atomic mass is 127. The van der Waals surface area contributed by atoms with E-state index in [-0.39, 0.29) is 24.0 Å². The van der Waals surface area contributed by atoms with Crippen molar-refractivity contribution in [1.29, 1.82) is 0 Å². The first-order chi connectivity index (χ1) is 5.36. The van der Waals surface area contributed by atoms with Gasteiger partial charge in [0.15, 0.2) is 0 Å². The number of hydrogen-bond donors (Lipinski definition) is 0. The van der Waals surface area contributed by atoms with Gasteiger partial charge in [0.25, 0.3) is 0 Å². The Bertz CT molecular complexity index is 387. The molecule has 0 aliphatic heterocycles. The summed E-state index contributed by atoms with van der Waals surface area (Å²) in [6.07, 6.45) is 0. The minimum atomic E-state index is 0. The zero-order valence-corrected chi connectivity index (χ0v) is 10.7. The van der Waals surface area contributed by atoms with Crippen LogP contribution in [0.3, 0.4) is 0 Å². The SMILES string of the molecule is I.Ic1ccc2ccccc2n1. The molecule has 1 aromatic heterocycles. The molecule has 1 nitrogen and oxygen atoms in total. The molecule has 2 aromatic rings. The van der Waals surface area contributed by atoms with Crippen molar-refractivity contribution in [2.75, 3.05) is 0 Å². The molecule has 0 N–H and O–H groups in total. The molecule has 12 heavy (non-hydrogen) atoms. The van der Waals surface area contributed by atoms with Gasteiger partial charge in [-0.3, -0.25) is 0 Å². The molecule has 0 saturated heterocycles. The first-order valence-electron chi connectivity index (χ1n) is 3.37. The summed E-state index contributed by atoms with van der Waals surface area (Å²) in [6.45, 7) is 0. The summed E-state index contributed by atoms with van der Waals surface area (Å²) in [7, 11) is 0. The molecule has 1 heterocycles. The van der Waals surface area contributed by atoms with E-state index in [2.05, 4.69) is 39.7 Å². The largest absolute Gasteiger partial charge is 0.242 e. The normalized spacial score (nSPS) is 9.42. The van der Waals surface area contributed by atoms with Gasteiger partial charge in [-0.2, -0.15) is 0 Å². The maximum absolute atomic E-state index is 4.36. The summed E-state index contributed by atoms with van der Waals surface area (Å²) in [5.74, 6) is 0. The van der Waals surface area contributed by atoms with Crippen LogP contribution in [-0.4, -0.2) is 4.98 Å². The second kappa shape index (κ2) is 4.36. The number of rotatable bonds is 0. The van der Waals surface area contributed by atoms with Crippen molar-refractivity contribution in [3.8, 4) is 0 Å². The van der Waals surface area contributed by atoms with Gasteiger partial charge < -0.3 is 0 Å². The van der Waals surface area contributed by atoms with Crippen LogP contribution in [-0.2, 0) is 0 Å². The maximum atomic E-state index is 4.36. The molecule has 0 aliphatic carbocycles. The van der Waals surface area contributed by atoms with Crippen LogP contribution in [0.2, 0.25) is 0 Å². The summed E-state index contributed by atoms with van der Waals surface area (Å²) < 4.78 is 1.04. The van der Waals surface area contributed by atoms with Crippen molar-refractivity contribution in [2.45, 2.75) is 0 Å². The lowest BCUT2D eigenvalue weighted by Gasteiger charge is -1.94. The Kier molecular flexibility index (Phi) is 3.70. The molecule has 0 radical (unpaired) electrons. The van der Waals surface area contributed by atoms with E-state index in [1.807, 2.05) is 24.3 Å². The van der Waals surface area contributed by atoms with Crippen molar-refractivity contribution in [2.24, 2.45) is 0 Å². The molecule has 1 aromatic carbocycles. The smallest absolute Gasteiger partial charge is 0.102 e. The Morgan fingerprint density at radius 1 is 1.00 bits per heavy atom. The van der Waals surface area contributed by atoms with Crippen LogP contribution < -0.4 is 0 Å². The van der Waals surface area contributed by atoms with Gasteiger partial charge in [0.05, 0.1) is 5.52 Å². The van der Waals surface area contributed by atoms with Gasteiger partial charge in [-0.05, 0) is 34.7 Å². The van der Waals surface area contributed by atoms with E-state index in [1.54, 1.807) is 0 Å². The number of para-hydroxylation sites is 1. The molecular formula is C9H7I2N. The number of nitrogens with zero attached hydrogens (tertiary/aromatic N) is 1. The van der Waals surface area contributed by atoms with Crippen LogP contribution in [0.15, 0.2) is 36.4 Å². The summed E-state index contributed by atoms with van der Waals surface area (Å²) in [4.78, 5) is 4.36. The molecule has 0 unspecified atom stereocenters. The average Bonchev–Trinajstić information content (AvgIpc) is 2.04. The van der Waals surface area contributed by atoms with Crippen LogP contribution in [0.4, 0.5) is 0 Å². The van der Waals surface area contributed by atoms with Crippen molar-refractivity contribution in [3.63, 3.8) is 0 Å². The summed E-state index contributed by atoms with van der Waals surface area (Å²) in [5.41, 5.74) is 1.07. The van der Waals surface area contributed by atoms with Crippen LogP contribution >= 0.6 is 46.6 Å². The highest BCUT2D eigenvalue weighted by Crippen LogP contribution is 2.12. The molecule has 2 rings (SSSR count). The Balaban J connectivity index is 0.000000720. The predicted molar refractivity (Wildman–Crippen MR) is 69.9 cm³/mol. The molecule has 0 fully saturated rings. The van der Waals surface area contributed by atoms with E-state index in [0.29, 0.717) is 0 Å². The Labute approximate surface area is 102 Å².